The molecule has 0 fully saturated rings. The molecule has 0 spiro atoms. The number of anilines is 2. The number of hydrogen-bond donors (Lipinski definition) is 4. The van der Waals surface area contributed by atoms with E-state index in [1.165, 1.54) is 31.5 Å². The first-order chi connectivity index (χ1) is 12.9. The van der Waals surface area contributed by atoms with E-state index in [9.17, 15) is 9.18 Å². The van der Waals surface area contributed by atoms with Crippen LogP contribution in [0.4, 0.5) is 20.7 Å². The topological polar surface area (TPSA) is 122 Å². The molecule has 0 saturated carbocycles. The van der Waals surface area contributed by atoms with E-state index < -0.39 is 12.1 Å². The number of carbonyl (C=O) groups excluding carboxylic acids is 1. The summed E-state index contributed by atoms with van der Waals surface area (Å²) >= 11 is 0. The first-order valence-electron chi connectivity index (χ1n) is 8.23. The molecule has 0 aliphatic heterocycles. The number of rotatable bonds is 7. The predicted octanol–water partition coefficient (Wildman–Crippen LogP) is 2.67. The fourth-order valence-electron chi connectivity index (χ4n) is 2.34. The molecule has 0 saturated heterocycles. The van der Waals surface area contributed by atoms with Gasteiger partial charge >= 0.3 is 6.03 Å². The molecule has 0 radical (unpaired) electrons. The van der Waals surface area contributed by atoms with E-state index in [1.54, 1.807) is 19.1 Å². The highest BCUT2D eigenvalue weighted by atomic mass is 19.1. The highest BCUT2D eigenvalue weighted by Crippen LogP contribution is 2.17. The third-order valence-electron chi connectivity index (χ3n) is 3.62. The minimum Gasteiger partial charge on any atom is -0.478 e. The van der Waals surface area contributed by atoms with Gasteiger partial charge in [-0.05, 0) is 24.6 Å². The summed E-state index contributed by atoms with van der Waals surface area (Å²) in [5, 5.41) is 13.1. The summed E-state index contributed by atoms with van der Waals surface area (Å²) in [5.74, 6) is -0.236. The van der Waals surface area contributed by atoms with Crippen LogP contribution in [-0.2, 0) is 9.47 Å². The second-order valence-electron chi connectivity index (χ2n) is 5.58. The van der Waals surface area contributed by atoms with Crippen LogP contribution in [0.5, 0.6) is 0 Å². The van der Waals surface area contributed by atoms with Gasteiger partial charge in [-0.15, -0.1) is 0 Å². The van der Waals surface area contributed by atoms with Gasteiger partial charge in [0.1, 0.15) is 11.6 Å². The van der Waals surface area contributed by atoms with Gasteiger partial charge in [0.2, 0.25) is 5.90 Å². The maximum Gasteiger partial charge on any atom is 0.320 e. The molecule has 1 unspecified atom stereocenters. The first kappa shape index (κ1) is 20.1. The number of halogens is 1. The summed E-state index contributed by atoms with van der Waals surface area (Å²) < 4.78 is 23.3. The number of nitrogen functional groups attached to an aromatic ring is 1. The van der Waals surface area contributed by atoms with Gasteiger partial charge < -0.3 is 20.5 Å². The van der Waals surface area contributed by atoms with E-state index in [4.69, 9.17) is 20.6 Å². The van der Waals surface area contributed by atoms with Gasteiger partial charge in [-0.1, -0.05) is 12.1 Å². The Hall–Kier alpha value is -3.20. The van der Waals surface area contributed by atoms with Crippen molar-refractivity contribution in [3.05, 3.63) is 53.5 Å². The molecule has 144 valence electrons. The van der Waals surface area contributed by atoms with Gasteiger partial charge in [0.25, 0.3) is 0 Å². The fraction of sp³-hybridized carbons (Fsp3) is 0.278. The number of ether oxygens (including phenoxy) is 2. The summed E-state index contributed by atoms with van der Waals surface area (Å²) in [5.41, 5.74) is 7.18. The van der Waals surface area contributed by atoms with E-state index in [0.29, 0.717) is 17.7 Å². The Kier molecular flexibility index (Phi) is 7.07. The van der Waals surface area contributed by atoms with Gasteiger partial charge in [-0.25, -0.2) is 14.2 Å². The Bertz CT molecular complexity index is 798. The average Bonchev–Trinajstić information content (AvgIpc) is 2.62. The van der Waals surface area contributed by atoms with Crippen LogP contribution in [0.1, 0.15) is 24.1 Å². The van der Waals surface area contributed by atoms with E-state index in [-0.39, 0.29) is 29.8 Å². The Morgan fingerprint density at radius 2 is 2.07 bits per heavy atom. The molecule has 8 nitrogen and oxygen atoms in total. The van der Waals surface area contributed by atoms with Crippen molar-refractivity contribution in [3.63, 3.8) is 0 Å². The lowest BCUT2D eigenvalue weighted by molar-refractivity contribution is 0.168. The smallest absolute Gasteiger partial charge is 0.320 e. The molecule has 1 aromatic carbocycles. The number of benzene rings is 1. The molecule has 0 aliphatic rings. The quantitative estimate of drug-likeness (QED) is 0.438. The Balaban J connectivity index is 2.05. The SMILES string of the molecule is CCOC(=N)c1cnc(NC(=O)NC(COC)c2ccc(F)cc2)cc1N. The number of pyridine rings is 1. The fourth-order valence-corrected chi connectivity index (χ4v) is 2.34. The monoisotopic (exact) mass is 375 g/mol. The van der Waals surface area contributed by atoms with Crippen LogP contribution in [0.25, 0.3) is 0 Å². The van der Waals surface area contributed by atoms with E-state index in [0.717, 1.165) is 0 Å². The minimum atomic E-state index is -0.527. The van der Waals surface area contributed by atoms with Gasteiger partial charge in [0.15, 0.2) is 0 Å². The third-order valence-corrected chi connectivity index (χ3v) is 3.62. The lowest BCUT2D eigenvalue weighted by Crippen LogP contribution is -2.35. The zero-order valence-electron chi connectivity index (χ0n) is 15.1. The molecule has 0 aliphatic carbocycles. The summed E-state index contributed by atoms with van der Waals surface area (Å²) in [6.07, 6.45) is 1.36. The minimum absolute atomic E-state index is 0.0880. The van der Waals surface area contributed by atoms with Crippen molar-refractivity contribution in [1.29, 1.82) is 5.41 Å². The van der Waals surface area contributed by atoms with Crippen LogP contribution in [-0.4, -0.2) is 37.2 Å². The molecule has 2 amide bonds. The summed E-state index contributed by atoms with van der Waals surface area (Å²) in [6.45, 7) is 2.31. The van der Waals surface area contributed by atoms with Gasteiger partial charge in [0.05, 0.1) is 24.8 Å². The molecule has 27 heavy (non-hydrogen) atoms. The normalized spacial score (nSPS) is 11.5. The van der Waals surface area contributed by atoms with Gasteiger partial charge in [-0.2, -0.15) is 0 Å². The van der Waals surface area contributed by atoms with Crippen LogP contribution < -0.4 is 16.4 Å². The molecule has 1 heterocycles. The summed E-state index contributed by atoms with van der Waals surface area (Å²) in [7, 11) is 1.50. The standard InChI is InChI=1S/C18H22FN5O3/c1-3-27-17(21)13-9-22-16(8-14(13)20)24-18(25)23-15(10-26-2)11-4-6-12(19)7-5-11/h4-9,15,21H,3,10H2,1-2H3,(H4,20,22,23,24,25). The van der Waals surface area contributed by atoms with Crippen molar-refractivity contribution in [2.45, 2.75) is 13.0 Å². The third kappa shape index (κ3) is 5.65. The number of urea groups is 1. The molecule has 1 atom stereocenters. The molecular weight excluding hydrogens is 353 g/mol. The zero-order valence-corrected chi connectivity index (χ0v) is 15.1. The number of hydrogen-bond acceptors (Lipinski definition) is 6. The Morgan fingerprint density at radius 3 is 2.67 bits per heavy atom. The number of nitrogens with two attached hydrogens (primary N) is 1. The van der Waals surface area contributed by atoms with Crippen LogP contribution in [0.3, 0.4) is 0 Å². The largest absolute Gasteiger partial charge is 0.478 e. The van der Waals surface area contributed by atoms with Crippen LogP contribution >= 0.6 is 0 Å². The van der Waals surface area contributed by atoms with E-state index >= 15 is 0 Å². The highest BCUT2D eigenvalue weighted by Gasteiger charge is 2.16. The van der Waals surface area contributed by atoms with Crippen molar-refractivity contribution in [2.75, 3.05) is 31.4 Å². The van der Waals surface area contributed by atoms with Gasteiger partial charge in [0, 0.05) is 25.1 Å². The molecule has 2 rings (SSSR count). The second kappa shape index (κ2) is 9.48. The average molecular weight is 375 g/mol. The maximum absolute atomic E-state index is 13.1. The molecule has 9 heteroatoms. The number of nitrogens with one attached hydrogen (secondary N) is 3. The predicted molar refractivity (Wildman–Crippen MR) is 100 cm³/mol. The van der Waals surface area contributed by atoms with Crippen LogP contribution in [0, 0.1) is 11.2 Å². The van der Waals surface area contributed by atoms with Crippen molar-refractivity contribution in [1.82, 2.24) is 10.3 Å². The van der Waals surface area contributed by atoms with Crippen LogP contribution in [0.2, 0.25) is 0 Å². The number of methoxy groups -OCH3 is 1. The molecule has 5 N–H and O–H groups in total. The Labute approximate surface area is 156 Å². The van der Waals surface area contributed by atoms with Crippen LogP contribution in [0.15, 0.2) is 36.5 Å². The summed E-state index contributed by atoms with van der Waals surface area (Å²) in [4.78, 5) is 16.3. The second-order valence-corrected chi connectivity index (χ2v) is 5.58. The molecule has 0 bridgehead atoms. The van der Waals surface area contributed by atoms with E-state index in [1.807, 2.05) is 0 Å². The van der Waals surface area contributed by atoms with Gasteiger partial charge in [-0.3, -0.25) is 10.7 Å². The lowest BCUT2D eigenvalue weighted by atomic mass is 10.1. The van der Waals surface area contributed by atoms with Crippen molar-refractivity contribution in [2.24, 2.45) is 0 Å². The number of nitrogens with zero attached hydrogens (tertiary/aromatic N) is 1. The summed E-state index contributed by atoms with van der Waals surface area (Å²) in [6, 6.07) is 6.20. The molecule has 1 aromatic heterocycles. The van der Waals surface area contributed by atoms with Crippen molar-refractivity contribution < 1.29 is 18.7 Å². The first-order valence-corrected chi connectivity index (χ1v) is 8.23. The highest BCUT2D eigenvalue weighted by molar-refractivity contribution is 5.97. The number of aromatic nitrogens is 1. The number of amides is 2. The number of carbonyl (C=O) groups is 1. The molecule has 2 aromatic rings. The van der Waals surface area contributed by atoms with Crippen molar-refractivity contribution >= 4 is 23.4 Å². The lowest BCUT2D eigenvalue weighted by Gasteiger charge is -2.19. The molecular formula is C18H22FN5O3. The van der Waals surface area contributed by atoms with Crippen molar-refractivity contribution in [3.8, 4) is 0 Å². The Morgan fingerprint density at radius 1 is 1.37 bits per heavy atom. The maximum atomic E-state index is 13.1. The van der Waals surface area contributed by atoms with E-state index in [2.05, 4.69) is 15.6 Å². The zero-order chi connectivity index (χ0) is 19.8.